The summed E-state index contributed by atoms with van der Waals surface area (Å²) in [5.41, 5.74) is 1.16. The molecule has 0 fully saturated rings. The van der Waals surface area contributed by atoms with Crippen molar-refractivity contribution in [2.24, 2.45) is 0 Å². The quantitative estimate of drug-likeness (QED) is 0.662. The molecule has 1 heterocycles. The smallest absolute Gasteiger partial charge is 0.228 e. The van der Waals surface area contributed by atoms with E-state index in [4.69, 9.17) is 11.6 Å². The van der Waals surface area contributed by atoms with Gasteiger partial charge in [-0.05, 0) is 18.1 Å². The van der Waals surface area contributed by atoms with E-state index in [2.05, 4.69) is 11.4 Å². The number of amides is 1. The molecule has 2 nitrogen and oxygen atoms in total. The molecule has 16 heavy (non-hydrogen) atoms. The molecule has 4 heteroatoms. The first-order chi connectivity index (χ1) is 7.83. The first-order valence-electron chi connectivity index (χ1n) is 5.38. The van der Waals surface area contributed by atoms with Crippen LogP contribution in [-0.4, -0.2) is 24.1 Å². The largest absolute Gasteiger partial charge is 0.356 e. The molecule has 1 aliphatic heterocycles. The lowest BCUT2D eigenvalue weighted by atomic mass is 10.0. The van der Waals surface area contributed by atoms with Gasteiger partial charge in [-0.1, -0.05) is 18.2 Å². The molecular formula is C12H14ClNOS. The first kappa shape index (κ1) is 11.8. The van der Waals surface area contributed by atoms with E-state index in [-0.39, 0.29) is 11.8 Å². The lowest BCUT2D eigenvalue weighted by Gasteiger charge is -2.10. The van der Waals surface area contributed by atoms with E-state index in [1.54, 1.807) is 11.8 Å². The highest BCUT2D eigenvalue weighted by Gasteiger charge is 2.28. The third kappa shape index (κ3) is 2.53. The molecule has 0 bridgehead atoms. The third-order valence-electron chi connectivity index (χ3n) is 2.63. The van der Waals surface area contributed by atoms with Crippen LogP contribution >= 0.6 is 23.4 Å². The zero-order valence-corrected chi connectivity index (χ0v) is 10.5. The van der Waals surface area contributed by atoms with Crippen molar-refractivity contribution in [3.05, 3.63) is 29.8 Å². The Labute approximate surface area is 105 Å². The molecule has 0 radical (unpaired) electrons. The molecular weight excluding hydrogens is 242 g/mol. The molecule has 0 spiro atoms. The summed E-state index contributed by atoms with van der Waals surface area (Å²) in [6, 6.07) is 8.12. The van der Waals surface area contributed by atoms with Crippen molar-refractivity contribution in [3.63, 3.8) is 0 Å². The van der Waals surface area contributed by atoms with E-state index >= 15 is 0 Å². The van der Waals surface area contributed by atoms with Crippen LogP contribution in [-0.2, 0) is 4.79 Å². The second-order valence-corrected chi connectivity index (χ2v) is 5.17. The highest BCUT2D eigenvalue weighted by Crippen LogP contribution is 2.39. The van der Waals surface area contributed by atoms with Crippen LogP contribution in [0.3, 0.4) is 0 Å². The molecule has 0 aromatic heterocycles. The minimum atomic E-state index is 0.0107. The Bertz CT molecular complexity index is 383. The van der Waals surface area contributed by atoms with Crippen LogP contribution in [0, 0.1) is 0 Å². The molecule has 2 rings (SSSR count). The van der Waals surface area contributed by atoms with Gasteiger partial charge in [0.2, 0.25) is 5.91 Å². The van der Waals surface area contributed by atoms with E-state index in [1.165, 1.54) is 4.90 Å². The summed E-state index contributed by atoms with van der Waals surface area (Å²) in [5.74, 6) is 1.58. The van der Waals surface area contributed by atoms with Crippen molar-refractivity contribution in [3.8, 4) is 0 Å². The SMILES string of the molecule is O=C(NCCCCl)C1CSc2ccccc21. The fourth-order valence-electron chi connectivity index (χ4n) is 1.78. The summed E-state index contributed by atoms with van der Waals surface area (Å²) >= 11 is 7.33. The molecule has 0 saturated heterocycles. The van der Waals surface area contributed by atoms with Crippen LogP contribution in [0.4, 0.5) is 0 Å². The maximum Gasteiger partial charge on any atom is 0.228 e. The highest BCUT2D eigenvalue weighted by molar-refractivity contribution is 7.99. The molecule has 1 atom stereocenters. The maximum absolute atomic E-state index is 11.9. The van der Waals surface area contributed by atoms with Gasteiger partial charge in [-0.25, -0.2) is 0 Å². The van der Waals surface area contributed by atoms with Crippen LogP contribution in [0.2, 0.25) is 0 Å². The number of halogens is 1. The summed E-state index contributed by atoms with van der Waals surface area (Å²) in [6.07, 6.45) is 0.828. The zero-order chi connectivity index (χ0) is 11.4. The Morgan fingerprint density at radius 2 is 2.31 bits per heavy atom. The predicted molar refractivity (Wildman–Crippen MR) is 68.3 cm³/mol. The zero-order valence-electron chi connectivity index (χ0n) is 8.91. The molecule has 1 amide bonds. The van der Waals surface area contributed by atoms with E-state index in [1.807, 2.05) is 18.2 Å². The first-order valence-corrected chi connectivity index (χ1v) is 6.90. The molecule has 86 valence electrons. The van der Waals surface area contributed by atoms with E-state index in [9.17, 15) is 4.79 Å². The van der Waals surface area contributed by atoms with Crippen LogP contribution in [0.5, 0.6) is 0 Å². The Hall–Kier alpha value is -0.670. The second kappa shape index (κ2) is 5.60. The summed E-state index contributed by atoms with van der Waals surface area (Å²) in [4.78, 5) is 13.2. The average molecular weight is 256 g/mol. The number of nitrogens with one attached hydrogen (secondary N) is 1. The van der Waals surface area contributed by atoms with Gasteiger partial charge < -0.3 is 5.32 Å². The van der Waals surface area contributed by atoms with Crippen molar-refractivity contribution >= 4 is 29.3 Å². The summed E-state index contributed by atoms with van der Waals surface area (Å²) in [5, 5.41) is 2.93. The van der Waals surface area contributed by atoms with Crippen molar-refractivity contribution in [1.29, 1.82) is 0 Å². The fraction of sp³-hybridized carbons (Fsp3) is 0.417. The van der Waals surface area contributed by atoms with E-state index in [0.717, 1.165) is 17.7 Å². The standard InChI is InChI=1S/C12H14ClNOS/c13-6-3-7-14-12(15)10-8-16-11-5-2-1-4-9(10)11/h1-2,4-5,10H,3,6-8H2,(H,14,15). The van der Waals surface area contributed by atoms with Crippen LogP contribution in [0.15, 0.2) is 29.2 Å². The van der Waals surface area contributed by atoms with Crippen LogP contribution < -0.4 is 5.32 Å². The number of fused-ring (bicyclic) bond motifs is 1. The van der Waals surface area contributed by atoms with Gasteiger partial charge in [0.05, 0.1) is 5.92 Å². The van der Waals surface area contributed by atoms with Gasteiger partial charge in [0, 0.05) is 23.1 Å². The van der Waals surface area contributed by atoms with Gasteiger partial charge in [-0.2, -0.15) is 0 Å². The molecule has 1 aromatic rings. The highest BCUT2D eigenvalue weighted by atomic mass is 35.5. The Morgan fingerprint density at radius 1 is 1.50 bits per heavy atom. The monoisotopic (exact) mass is 255 g/mol. The molecule has 0 aliphatic carbocycles. The Morgan fingerprint density at radius 3 is 3.12 bits per heavy atom. The Balaban J connectivity index is 1.99. The lowest BCUT2D eigenvalue weighted by Crippen LogP contribution is -2.30. The van der Waals surface area contributed by atoms with Crippen molar-refractivity contribution in [1.82, 2.24) is 5.32 Å². The number of rotatable bonds is 4. The average Bonchev–Trinajstić information content (AvgIpc) is 2.73. The molecule has 1 aromatic carbocycles. The van der Waals surface area contributed by atoms with E-state index in [0.29, 0.717) is 12.4 Å². The van der Waals surface area contributed by atoms with Crippen molar-refractivity contribution in [2.75, 3.05) is 18.2 Å². The van der Waals surface area contributed by atoms with Crippen LogP contribution in [0.25, 0.3) is 0 Å². The number of carbonyl (C=O) groups excluding carboxylic acids is 1. The topological polar surface area (TPSA) is 29.1 Å². The number of carbonyl (C=O) groups is 1. The number of hydrogen-bond donors (Lipinski definition) is 1. The second-order valence-electron chi connectivity index (χ2n) is 3.73. The minimum Gasteiger partial charge on any atom is -0.356 e. The number of hydrogen-bond acceptors (Lipinski definition) is 2. The van der Waals surface area contributed by atoms with Crippen LogP contribution in [0.1, 0.15) is 17.9 Å². The molecule has 1 unspecified atom stereocenters. The number of alkyl halides is 1. The van der Waals surface area contributed by atoms with Gasteiger partial charge in [-0.3, -0.25) is 4.79 Å². The fourth-order valence-corrected chi connectivity index (χ4v) is 3.14. The van der Waals surface area contributed by atoms with E-state index < -0.39 is 0 Å². The lowest BCUT2D eigenvalue weighted by molar-refractivity contribution is -0.122. The summed E-state index contributed by atoms with van der Waals surface area (Å²) < 4.78 is 0. The molecule has 0 saturated carbocycles. The summed E-state index contributed by atoms with van der Waals surface area (Å²) in [6.45, 7) is 0.672. The number of thioether (sulfide) groups is 1. The maximum atomic E-state index is 11.9. The van der Waals surface area contributed by atoms with Gasteiger partial charge in [-0.15, -0.1) is 23.4 Å². The third-order valence-corrected chi connectivity index (χ3v) is 4.08. The molecule has 1 N–H and O–H groups in total. The predicted octanol–water partition coefficient (Wildman–Crippen LogP) is 2.62. The normalized spacial score (nSPS) is 18.2. The van der Waals surface area contributed by atoms with Crippen molar-refractivity contribution in [2.45, 2.75) is 17.2 Å². The van der Waals surface area contributed by atoms with Gasteiger partial charge in [0.1, 0.15) is 0 Å². The summed E-state index contributed by atoms with van der Waals surface area (Å²) in [7, 11) is 0. The molecule has 1 aliphatic rings. The number of benzene rings is 1. The minimum absolute atomic E-state index is 0.0107. The van der Waals surface area contributed by atoms with Crippen molar-refractivity contribution < 1.29 is 4.79 Å². The van der Waals surface area contributed by atoms with Gasteiger partial charge in [0.25, 0.3) is 0 Å². The van der Waals surface area contributed by atoms with Gasteiger partial charge in [0.15, 0.2) is 0 Å². The Kier molecular flexibility index (Phi) is 4.13. The van der Waals surface area contributed by atoms with Gasteiger partial charge >= 0.3 is 0 Å².